The Hall–Kier alpha value is -3.05. The summed E-state index contributed by atoms with van der Waals surface area (Å²) in [6.45, 7) is 9.97. The smallest absolute Gasteiger partial charge is 0.319 e. The average Bonchev–Trinajstić information content (AvgIpc) is 2.77. The van der Waals surface area contributed by atoms with Crippen LogP contribution in [0.25, 0.3) is 10.8 Å². The number of anilines is 2. The highest BCUT2D eigenvalue weighted by Gasteiger charge is 2.21. The maximum atomic E-state index is 12.2. The van der Waals surface area contributed by atoms with Gasteiger partial charge in [0.2, 0.25) is 0 Å². The molecule has 5 nitrogen and oxygen atoms in total. The second-order valence-corrected chi connectivity index (χ2v) is 8.11. The van der Waals surface area contributed by atoms with Crippen molar-refractivity contribution < 1.29 is 9.69 Å². The van der Waals surface area contributed by atoms with Gasteiger partial charge < -0.3 is 20.4 Å². The van der Waals surface area contributed by atoms with E-state index in [1.54, 1.807) is 4.90 Å². The van der Waals surface area contributed by atoms with E-state index in [0.29, 0.717) is 6.54 Å². The van der Waals surface area contributed by atoms with E-state index in [4.69, 9.17) is 0 Å². The number of amides is 2. The normalized spacial score (nSPS) is 14.7. The SMILES string of the molecule is Cc1cccc(NC(=O)NCC[NH+]2CCN(c3cccc4ccccc34)CC2)c1C. The molecule has 0 spiro atoms. The molecule has 1 aliphatic heterocycles. The van der Waals surface area contributed by atoms with Crippen LogP contribution in [-0.2, 0) is 0 Å². The summed E-state index contributed by atoms with van der Waals surface area (Å²) >= 11 is 0. The first-order valence-corrected chi connectivity index (χ1v) is 10.8. The number of aryl methyl sites for hydroxylation is 1. The lowest BCUT2D eigenvalue weighted by Crippen LogP contribution is -3.15. The van der Waals surface area contributed by atoms with E-state index in [-0.39, 0.29) is 6.03 Å². The van der Waals surface area contributed by atoms with E-state index in [0.717, 1.165) is 44.0 Å². The molecule has 0 saturated carbocycles. The van der Waals surface area contributed by atoms with E-state index in [1.165, 1.54) is 22.0 Å². The van der Waals surface area contributed by atoms with Crippen molar-refractivity contribution in [1.29, 1.82) is 0 Å². The number of fused-ring (bicyclic) bond motifs is 1. The zero-order valence-electron chi connectivity index (χ0n) is 17.9. The van der Waals surface area contributed by atoms with Crippen LogP contribution in [0.4, 0.5) is 16.2 Å². The van der Waals surface area contributed by atoms with Gasteiger partial charge in [-0.05, 0) is 42.5 Å². The summed E-state index contributed by atoms with van der Waals surface area (Å²) in [6, 6.07) is 21.0. The third kappa shape index (κ3) is 4.57. The quantitative estimate of drug-likeness (QED) is 0.613. The first-order valence-electron chi connectivity index (χ1n) is 10.8. The van der Waals surface area contributed by atoms with Crippen LogP contribution < -0.4 is 20.4 Å². The predicted molar refractivity (Wildman–Crippen MR) is 125 cm³/mol. The second kappa shape index (κ2) is 9.18. The average molecular weight is 404 g/mol. The Kier molecular flexibility index (Phi) is 6.19. The molecule has 0 radical (unpaired) electrons. The van der Waals surface area contributed by atoms with Gasteiger partial charge in [0.15, 0.2) is 0 Å². The lowest BCUT2D eigenvalue weighted by Gasteiger charge is -2.34. The number of piperazine rings is 1. The van der Waals surface area contributed by atoms with Crippen LogP contribution in [-0.4, -0.2) is 45.3 Å². The summed E-state index contributed by atoms with van der Waals surface area (Å²) in [5.74, 6) is 0. The molecule has 0 bridgehead atoms. The van der Waals surface area contributed by atoms with Crippen LogP contribution in [0, 0.1) is 13.8 Å². The highest BCUT2D eigenvalue weighted by atomic mass is 16.2. The monoisotopic (exact) mass is 403 g/mol. The van der Waals surface area contributed by atoms with Crippen LogP contribution in [0.5, 0.6) is 0 Å². The van der Waals surface area contributed by atoms with Crippen molar-refractivity contribution in [2.45, 2.75) is 13.8 Å². The van der Waals surface area contributed by atoms with Gasteiger partial charge in [0.1, 0.15) is 0 Å². The van der Waals surface area contributed by atoms with Crippen molar-refractivity contribution >= 4 is 28.2 Å². The molecule has 5 heteroatoms. The van der Waals surface area contributed by atoms with Gasteiger partial charge in [-0.1, -0.05) is 48.5 Å². The number of carbonyl (C=O) groups excluding carboxylic acids is 1. The number of rotatable bonds is 5. The lowest BCUT2D eigenvalue weighted by atomic mass is 10.1. The van der Waals surface area contributed by atoms with E-state index in [9.17, 15) is 4.79 Å². The van der Waals surface area contributed by atoms with Gasteiger partial charge in [0, 0.05) is 16.8 Å². The molecule has 0 aromatic heterocycles. The summed E-state index contributed by atoms with van der Waals surface area (Å²) in [6.07, 6.45) is 0. The Morgan fingerprint density at radius 3 is 2.53 bits per heavy atom. The summed E-state index contributed by atoms with van der Waals surface area (Å²) in [5.41, 5.74) is 4.51. The molecular formula is C25H31N4O+. The minimum atomic E-state index is -0.127. The molecule has 156 valence electrons. The standard InChI is InChI=1S/C25H30N4O/c1-19-7-5-11-23(20(19)2)27-25(30)26-13-14-28-15-17-29(18-16-28)24-12-6-9-21-8-3-4-10-22(21)24/h3-12H,13-18H2,1-2H3,(H2,26,27,30)/p+1. The van der Waals surface area contributed by atoms with Crippen LogP contribution >= 0.6 is 0 Å². The number of quaternary nitrogens is 1. The van der Waals surface area contributed by atoms with Crippen molar-refractivity contribution in [1.82, 2.24) is 5.32 Å². The van der Waals surface area contributed by atoms with E-state index < -0.39 is 0 Å². The zero-order chi connectivity index (χ0) is 20.9. The maximum Gasteiger partial charge on any atom is 0.319 e. The lowest BCUT2D eigenvalue weighted by molar-refractivity contribution is -0.899. The number of hydrogen-bond acceptors (Lipinski definition) is 2. The minimum Gasteiger partial charge on any atom is -0.360 e. The largest absolute Gasteiger partial charge is 0.360 e. The topological polar surface area (TPSA) is 48.8 Å². The fourth-order valence-electron chi connectivity index (χ4n) is 4.20. The molecule has 3 N–H and O–H groups in total. The summed E-state index contributed by atoms with van der Waals surface area (Å²) in [4.78, 5) is 16.3. The van der Waals surface area contributed by atoms with Gasteiger partial charge in [-0.25, -0.2) is 4.79 Å². The molecule has 3 aromatic carbocycles. The molecule has 1 fully saturated rings. The molecule has 1 heterocycles. The van der Waals surface area contributed by atoms with E-state index in [1.807, 2.05) is 19.1 Å². The Morgan fingerprint density at radius 2 is 1.70 bits per heavy atom. The fraction of sp³-hybridized carbons (Fsp3) is 0.320. The number of nitrogens with one attached hydrogen (secondary N) is 3. The van der Waals surface area contributed by atoms with Crippen molar-refractivity contribution in [2.75, 3.05) is 49.5 Å². The first-order chi connectivity index (χ1) is 14.6. The van der Waals surface area contributed by atoms with Gasteiger partial charge in [-0.3, -0.25) is 0 Å². The van der Waals surface area contributed by atoms with E-state index in [2.05, 4.69) is 71.0 Å². The van der Waals surface area contributed by atoms with Gasteiger partial charge in [0.25, 0.3) is 0 Å². The molecule has 1 aliphatic rings. The van der Waals surface area contributed by atoms with Crippen molar-refractivity contribution in [3.05, 3.63) is 71.8 Å². The van der Waals surface area contributed by atoms with Crippen molar-refractivity contribution in [2.24, 2.45) is 0 Å². The molecule has 3 aromatic rings. The zero-order valence-corrected chi connectivity index (χ0v) is 17.9. The van der Waals surface area contributed by atoms with Crippen LogP contribution in [0.2, 0.25) is 0 Å². The number of hydrogen-bond donors (Lipinski definition) is 3. The van der Waals surface area contributed by atoms with Crippen molar-refractivity contribution in [3.8, 4) is 0 Å². The fourth-order valence-corrected chi connectivity index (χ4v) is 4.20. The highest BCUT2D eigenvalue weighted by Crippen LogP contribution is 2.26. The third-order valence-corrected chi connectivity index (χ3v) is 6.19. The molecule has 30 heavy (non-hydrogen) atoms. The Balaban J connectivity index is 1.24. The van der Waals surface area contributed by atoms with Gasteiger partial charge >= 0.3 is 6.03 Å². The molecule has 1 saturated heterocycles. The Bertz CT molecular complexity index is 1020. The molecular weight excluding hydrogens is 372 g/mol. The summed E-state index contributed by atoms with van der Waals surface area (Å²) in [7, 11) is 0. The number of benzene rings is 3. The van der Waals surface area contributed by atoms with Crippen LogP contribution in [0.15, 0.2) is 60.7 Å². The van der Waals surface area contributed by atoms with Crippen LogP contribution in [0.1, 0.15) is 11.1 Å². The predicted octanol–water partition coefficient (Wildman–Crippen LogP) is 2.98. The van der Waals surface area contributed by atoms with Crippen molar-refractivity contribution in [3.63, 3.8) is 0 Å². The second-order valence-electron chi connectivity index (χ2n) is 8.11. The molecule has 0 unspecified atom stereocenters. The first kappa shape index (κ1) is 20.2. The highest BCUT2D eigenvalue weighted by molar-refractivity contribution is 5.94. The maximum absolute atomic E-state index is 12.2. The molecule has 4 rings (SSSR count). The Morgan fingerprint density at radius 1 is 0.967 bits per heavy atom. The molecule has 2 amide bonds. The third-order valence-electron chi connectivity index (χ3n) is 6.19. The molecule has 0 aliphatic carbocycles. The Labute approximate surface area is 178 Å². The minimum absolute atomic E-state index is 0.127. The number of urea groups is 1. The summed E-state index contributed by atoms with van der Waals surface area (Å²) in [5, 5.41) is 8.60. The number of nitrogens with zero attached hydrogens (tertiary/aromatic N) is 1. The number of carbonyl (C=O) groups is 1. The van der Waals surface area contributed by atoms with E-state index >= 15 is 0 Å². The molecule has 0 atom stereocenters. The summed E-state index contributed by atoms with van der Waals surface area (Å²) < 4.78 is 0. The van der Waals surface area contributed by atoms with Crippen LogP contribution in [0.3, 0.4) is 0 Å². The van der Waals surface area contributed by atoms with Gasteiger partial charge in [-0.15, -0.1) is 0 Å². The van der Waals surface area contributed by atoms with Gasteiger partial charge in [-0.2, -0.15) is 0 Å². The van der Waals surface area contributed by atoms with Gasteiger partial charge in [0.05, 0.1) is 39.3 Å².